The lowest BCUT2D eigenvalue weighted by molar-refractivity contribution is 0.0695. The molecule has 1 fully saturated rings. The molecule has 1 unspecified atom stereocenters. The number of carbonyl (C=O) groups excluding carboxylic acids is 1. The highest BCUT2D eigenvalue weighted by atomic mass is 16.1. The van der Waals surface area contributed by atoms with Crippen molar-refractivity contribution in [3.05, 3.63) is 35.9 Å². The second kappa shape index (κ2) is 4.61. The lowest BCUT2D eigenvalue weighted by Gasteiger charge is -2.34. The van der Waals surface area contributed by atoms with Gasteiger partial charge in [-0.05, 0) is 32.7 Å². The molecule has 17 heavy (non-hydrogen) atoms. The van der Waals surface area contributed by atoms with Crippen molar-refractivity contribution in [3.63, 3.8) is 0 Å². The SMILES string of the molecule is CC1CCN(C(C)(C)C(=O)c2ccccc2)C1. The van der Waals surface area contributed by atoms with Gasteiger partial charge in [0.05, 0.1) is 5.54 Å². The van der Waals surface area contributed by atoms with Crippen LogP contribution in [-0.4, -0.2) is 29.3 Å². The van der Waals surface area contributed by atoms with Crippen molar-refractivity contribution < 1.29 is 4.79 Å². The zero-order chi connectivity index (χ0) is 12.5. The molecule has 1 aromatic carbocycles. The van der Waals surface area contributed by atoms with E-state index >= 15 is 0 Å². The Morgan fingerprint density at radius 3 is 2.47 bits per heavy atom. The lowest BCUT2D eigenvalue weighted by Crippen LogP contribution is -2.48. The van der Waals surface area contributed by atoms with E-state index in [-0.39, 0.29) is 11.3 Å². The third-order valence-electron chi connectivity index (χ3n) is 3.81. The van der Waals surface area contributed by atoms with Crippen LogP contribution in [0, 0.1) is 5.92 Å². The summed E-state index contributed by atoms with van der Waals surface area (Å²) in [6.07, 6.45) is 1.20. The molecule has 92 valence electrons. The van der Waals surface area contributed by atoms with E-state index < -0.39 is 0 Å². The maximum Gasteiger partial charge on any atom is 0.182 e. The van der Waals surface area contributed by atoms with E-state index in [1.54, 1.807) is 0 Å². The molecule has 0 spiro atoms. The Morgan fingerprint density at radius 2 is 1.94 bits per heavy atom. The minimum atomic E-state index is -0.383. The number of Topliss-reactive ketones (excluding diaryl/α,β-unsaturated/α-hetero) is 1. The number of benzene rings is 1. The number of likely N-dealkylation sites (tertiary alicyclic amines) is 1. The Bertz CT molecular complexity index is 397. The first-order valence-electron chi connectivity index (χ1n) is 6.36. The monoisotopic (exact) mass is 231 g/mol. The summed E-state index contributed by atoms with van der Waals surface area (Å²) in [7, 11) is 0. The molecule has 2 heteroatoms. The number of nitrogens with zero attached hydrogens (tertiary/aromatic N) is 1. The summed E-state index contributed by atoms with van der Waals surface area (Å²) in [4.78, 5) is 14.8. The quantitative estimate of drug-likeness (QED) is 0.745. The molecule has 0 radical (unpaired) electrons. The summed E-state index contributed by atoms with van der Waals surface area (Å²) in [5.41, 5.74) is 0.434. The van der Waals surface area contributed by atoms with Crippen molar-refractivity contribution in [1.29, 1.82) is 0 Å². The van der Waals surface area contributed by atoms with Crippen molar-refractivity contribution in [3.8, 4) is 0 Å². The molecular formula is C15H21NO. The molecule has 1 aliphatic heterocycles. The van der Waals surface area contributed by atoms with Crippen LogP contribution in [0.1, 0.15) is 37.6 Å². The fourth-order valence-electron chi connectivity index (χ4n) is 2.53. The summed E-state index contributed by atoms with van der Waals surface area (Å²) in [5, 5.41) is 0. The Balaban J connectivity index is 2.18. The van der Waals surface area contributed by atoms with Crippen LogP contribution >= 0.6 is 0 Å². The van der Waals surface area contributed by atoms with Crippen molar-refractivity contribution in [2.24, 2.45) is 5.92 Å². The van der Waals surface area contributed by atoms with E-state index in [4.69, 9.17) is 0 Å². The molecule has 1 heterocycles. The highest BCUT2D eigenvalue weighted by molar-refractivity contribution is 6.02. The van der Waals surface area contributed by atoms with Gasteiger partial charge in [0.15, 0.2) is 5.78 Å². The van der Waals surface area contributed by atoms with Crippen molar-refractivity contribution >= 4 is 5.78 Å². The third kappa shape index (κ3) is 2.42. The van der Waals surface area contributed by atoms with Gasteiger partial charge in [0.25, 0.3) is 0 Å². The van der Waals surface area contributed by atoms with Crippen LogP contribution in [0.3, 0.4) is 0 Å². The average Bonchev–Trinajstić information content (AvgIpc) is 2.77. The first-order valence-corrected chi connectivity index (χ1v) is 6.36. The molecule has 1 aromatic rings. The fraction of sp³-hybridized carbons (Fsp3) is 0.533. The summed E-state index contributed by atoms with van der Waals surface area (Å²) in [6.45, 7) is 8.40. The van der Waals surface area contributed by atoms with Gasteiger partial charge in [-0.3, -0.25) is 9.69 Å². The minimum absolute atomic E-state index is 0.229. The second-order valence-corrected chi connectivity index (χ2v) is 5.59. The van der Waals surface area contributed by atoms with Crippen LogP contribution in [-0.2, 0) is 0 Å². The molecule has 0 amide bonds. The Kier molecular flexibility index (Phi) is 3.34. The molecule has 2 rings (SSSR count). The number of rotatable bonds is 3. The predicted octanol–water partition coefficient (Wildman–Crippen LogP) is 2.99. The molecule has 2 nitrogen and oxygen atoms in total. The molecule has 1 aliphatic rings. The van der Waals surface area contributed by atoms with Crippen LogP contribution in [0.2, 0.25) is 0 Å². The summed E-state index contributed by atoms with van der Waals surface area (Å²) >= 11 is 0. The summed E-state index contributed by atoms with van der Waals surface area (Å²) in [5.74, 6) is 0.935. The van der Waals surface area contributed by atoms with Crippen LogP contribution in [0.4, 0.5) is 0 Å². The maximum atomic E-state index is 12.5. The maximum absolute atomic E-state index is 12.5. The van der Waals surface area contributed by atoms with Gasteiger partial charge in [-0.1, -0.05) is 37.3 Å². The van der Waals surface area contributed by atoms with E-state index in [1.165, 1.54) is 6.42 Å². The second-order valence-electron chi connectivity index (χ2n) is 5.59. The Labute approximate surface area is 104 Å². The summed E-state index contributed by atoms with van der Waals surface area (Å²) < 4.78 is 0. The standard InChI is InChI=1S/C15H21NO/c1-12-9-10-16(11-12)15(2,3)14(17)13-7-5-4-6-8-13/h4-8,12H,9-11H2,1-3H3. The van der Waals surface area contributed by atoms with E-state index in [2.05, 4.69) is 11.8 Å². The van der Waals surface area contributed by atoms with Gasteiger partial charge in [-0.25, -0.2) is 0 Å². The normalized spacial score (nSPS) is 21.7. The lowest BCUT2D eigenvalue weighted by atomic mass is 9.91. The van der Waals surface area contributed by atoms with E-state index in [0.717, 1.165) is 18.7 Å². The molecule has 1 atom stereocenters. The molecule has 0 aliphatic carbocycles. The fourth-order valence-corrected chi connectivity index (χ4v) is 2.53. The van der Waals surface area contributed by atoms with Crippen LogP contribution in [0.25, 0.3) is 0 Å². The molecule has 1 saturated heterocycles. The van der Waals surface area contributed by atoms with E-state index in [0.29, 0.717) is 5.92 Å². The predicted molar refractivity (Wildman–Crippen MR) is 70.2 cm³/mol. The van der Waals surface area contributed by atoms with Gasteiger partial charge >= 0.3 is 0 Å². The van der Waals surface area contributed by atoms with Crippen molar-refractivity contribution in [2.75, 3.05) is 13.1 Å². The van der Waals surface area contributed by atoms with E-state index in [1.807, 2.05) is 44.2 Å². The minimum Gasteiger partial charge on any atom is -0.292 e. The van der Waals surface area contributed by atoms with Crippen LogP contribution < -0.4 is 0 Å². The Hall–Kier alpha value is -1.15. The molecule has 0 aromatic heterocycles. The average molecular weight is 231 g/mol. The molecule has 0 N–H and O–H groups in total. The molecule has 0 saturated carbocycles. The highest BCUT2D eigenvalue weighted by Crippen LogP contribution is 2.27. The smallest absolute Gasteiger partial charge is 0.182 e. The van der Waals surface area contributed by atoms with Gasteiger partial charge in [0.1, 0.15) is 0 Å². The molecular weight excluding hydrogens is 210 g/mol. The first-order chi connectivity index (χ1) is 8.01. The Morgan fingerprint density at radius 1 is 1.29 bits per heavy atom. The van der Waals surface area contributed by atoms with Crippen molar-refractivity contribution in [2.45, 2.75) is 32.7 Å². The zero-order valence-corrected chi connectivity index (χ0v) is 10.9. The topological polar surface area (TPSA) is 20.3 Å². The van der Waals surface area contributed by atoms with Gasteiger partial charge in [-0.2, -0.15) is 0 Å². The van der Waals surface area contributed by atoms with Gasteiger partial charge < -0.3 is 0 Å². The first kappa shape index (κ1) is 12.3. The third-order valence-corrected chi connectivity index (χ3v) is 3.81. The largest absolute Gasteiger partial charge is 0.292 e. The zero-order valence-electron chi connectivity index (χ0n) is 10.9. The van der Waals surface area contributed by atoms with E-state index in [9.17, 15) is 4.79 Å². The van der Waals surface area contributed by atoms with Crippen molar-refractivity contribution in [1.82, 2.24) is 4.90 Å². The van der Waals surface area contributed by atoms with Gasteiger partial charge in [0, 0.05) is 12.1 Å². The number of hydrogen-bond donors (Lipinski definition) is 0. The number of carbonyl (C=O) groups is 1. The summed E-state index contributed by atoms with van der Waals surface area (Å²) in [6, 6.07) is 9.61. The number of hydrogen-bond acceptors (Lipinski definition) is 2. The highest BCUT2D eigenvalue weighted by Gasteiger charge is 2.37. The number of ketones is 1. The van der Waals surface area contributed by atoms with Crippen LogP contribution in [0.5, 0.6) is 0 Å². The van der Waals surface area contributed by atoms with Gasteiger partial charge in [-0.15, -0.1) is 0 Å². The van der Waals surface area contributed by atoms with Gasteiger partial charge in [0.2, 0.25) is 0 Å². The van der Waals surface area contributed by atoms with Crippen LogP contribution in [0.15, 0.2) is 30.3 Å². The molecule has 0 bridgehead atoms.